The van der Waals surface area contributed by atoms with E-state index in [0.717, 1.165) is 0 Å². The summed E-state index contributed by atoms with van der Waals surface area (Å²) in [4.78, 5) is 0. The molecule has 11 heteroatoms. The molecule has 0 unspecified atom stereocenters. The largest absolute Gasteiger partial charge is 0.394 e. The first-order valence-electron chi connectivity index (χ1n) is 7.00. The van der Waals surface area contributed by atoms with Crippen LogP contribution >= 0.6 is 0 Å². The van der Waals surface area contributed by atoms with E-state index in [9.17, 15) is 30.6 Å². The zero-order valence-electron chi connectivity index (χ0n) is 12.2. The Kier molecular flexibility index (Phi) is 8.20. The fraction of sp³-hybridized carbons (Fsp3) is 1.00. The standard InChI is InChI=1S/C12H24O11/c13-1-4(16)7(18)11(5(17)2-14)23-12-10(21)9(20)8(19)6(3-15)22-12/h4-21H,1-3H2/t4-,5-,6-,7-,8-,9+,10-,11-,12-/m1/s1. The van der Waals surface area contributed by atoms with Crippen LogP contribution in [-0.2, 0) is 9.47 Å². The molecule has 1 aliphatic heterocycles. The number of aliphatic hydroxyl groups is 9. The van der Waals surface area contributed by atoms with Gasteiger partial charge in [-0.05, 0) is 0 Å². The highest BCUT2D eigenvalue weighted by atomic mass is 16.7. The minimum absolute atomic E-state index is 0.708. The third kappa shape index (κ3) is 4.78. The molecular weight excluding hydrogens is 320 g/mol. The molecular formula is C12H24O11. The Bertz CT molecular complexity index is 341. The van der Waals surface area contributed by atoms with Gasteiger partial charge in [0.2, 0.25) is 0 Å². The van der Waals surface area contributed by atoms with Crippen LogP contribution in [0.4, 0.5) is 0 Å². The van der Waals surface area contributed by atoms with Crippen LogP contribution in [-0.4, -0.2) is 121 Å². The normalized spacial score (nSPS) is 37.2. The molecule has 1 saturated heterocycles. The molecule has 1 heterocycles. The van der Waals surface area contributed by atoms with Crippen molar-refractivity contribution >= 4 is 0 Å². The first-order chi connectivity index (χ1) is 10.8. The van der Waals surface area contributed by atoms with Gasteiger partial charge in [0, 0.05) is 0 Å². The summed E-state index contributed by atoms with van der Waals surface area (Å²) in [6.07, 6.45) is -15.1. The van der Waals surface area contributed by atoms with Crippen molar-refractivity contribution in [2.75, 3.05) is 19.8 Å². The summed E-state index contributed by atoms with van der Waals surface area (Å²) in [5, 5.41) is 84.9. The van der Waals surface area contributed by atoms with Crippen molar-refractivity contribution in [2.24, 2.45) is 0 Å². The second kappa shape index (κ2) is 9.15. The van der Waals surface area contributed by atoms with Crippen molar-refractivity contribution < 1.29 is 55.4 Å². The van der Waals surface area contributed by atoms with Crippen molar-refractivity contribution in [1.29, 1.82) is 0 Å². The lowest BCUT2D eigenvalue weighted by atomic mass is 9.98. The van der Waals surface area contributed by atoms with Gasteiger partial charge in [0.1, 0.15) is 48.8 Å². The first kappa shape index (κ1) is 20.6. The average molecular weight is 344 g/mol. The maximum atomic E-state index is 9.83. The van der Waals surface area contributed by atoms with Crippen LogP contribution in [0, 0.1) is 0 Å². The molecule has 0 aliphatic carbocycles. The van der Waals surface area contributed by atoms with Crippen LogP contribution < -0.4 is 0 Å². The summed E-state index contributed by atoms with van der Waals surface area (Å²) in [5.74, 6) is 0. The minimum Gasteiger partial charge on any atom is -0.394 e. The summed E-state index contributed by atoms with van der Waals surface area (Å²) in [7, 11) is 0. The molecule has 0 aromatic rings. The third-order valence-corrected chi connectivity index (χ3v) is 3.62. The van der Waals surface area contributed by atoms with E-state index in [-0.39, 0.29) is 0 Å². The number of hydrogen-bond acceptors (Lipinski definition) is 11. The molecule has 9 atom stereocenters. The van der Waals surface area contributed by atoms with E-state index in [0.29, 0.717) is 0 Å². The predicted octanol–water partition coefficient (Wildman–Crippen LogP) is -5.76. The van der Waals surface area contributed by atoms with Gasteiger partial charge in [-0.3, -0.25) is 0 Å². The quantitative estimate of drug-likeness (QED) is 0.203. The Morgan fingerprint density at radius 1 is 0.826 bits per heavy atom. The van der Waals surface area contributed by atoms with Gasteiger partial charge in [0.15, 0.2) is 6.29 Å². The zero-order chi connectivity index (χ0) is 17.7. The van der Waals surface area contributed by atoms with Crippen LogP contribution in [0.5, 0.6) is 0 Å². The topological polar surface area (TPSA) is 201 Å². The number of ether oxygens (including phenoxy) is 2. The molecule has 0 aromatic carbocycles. The van der Waals surface area contributed by atoms with Crippen LogP contribution in [0.25, 0.3) is 0 Å². The lowest BCUT2D eigenvalue weighted by Crippen LogP contribution is -2.61. The molecule has 1 aliphatic rings. The zero-order valence-corrected chi connectivity index (χ0v) is 12.2. The summed E-state index contributed by atoms with van der Waals surface area (Å²) < 4.78 is 10.1. The minimum atomic E-state index is -1.85. The molecule has 0 bridgehead atoms. The lowest BCUT2D eigenvalue weighted by molar-refractivity contribution is -0.327. The fourth-order valence-corrected chi connectivity index (χ4v) is 2.16. The van der Waals surface area contributed by atoms with Crippen molar-refractivity contribution in [2.45, 2.75) is 55.1 Å². The van der Waals surface area contributed by atoms with Crippen LogP contribution in [0.15, 0.2) is 0 Å². The van der Waals surface area contributed by atoms with E-state index < -0.39 is 74.9 Å². The Morgan fingerprint density at radius 3 is 1.87 bits per heavy atom. The smallest absolute Gasteiger partial charge is 0.187 e. The molecule has 23 heavy (non-hydrogen) atoms. The highest BCUT2D eigenvalue weighted by molar-refractivity contribution is 4.91. The van der Waals surface area contributed by atoms with Crippen molar-refractivity contribution in [1.82, 2.24) is 0 Å². The van der Waals surface area contributed by atoms with E-state index in [1.807, 2.05) is 0 Å². The first-order valence-corrected chi connectivity index (χ1v) is 7.00. The Hall–Kier alpha value is -0.440. The monoisotopic (exact) mass is 344 g/mol. The van der Waals surface area contributed by atoms with Crippen LogP contribution in [0.2, 0.25) is 0 Å². The summed E-state index contributed by atoms with van der Waals surface area (Å²) >= 11 is 0. The van der Waals surface area contributed by atoms with Gasteiger partial charge in [0.05, 0.1) is 19.8 Å². The lowest BCUT2D eigenvalue weighted by Gasteiger charge is -2.42. The van der Waals surface area contributed by atoms with Gasteiger partial charge >= 0.3 is 0 Å². The Labute approximate surface area is 131 Å². The maximum absolute atomic E-state index is 9.83. The SMILES string of the molecule is OC[C@@H](O)[C@@H](O)[C@H](O[C@H]1O[C@H](CO)[C@@H](O)[C@H](O)[C@H]1O)[C@H](O)CO. The number of aliphatic hydroxyl groups excluding tert-OH is 9. The van der Waals surface area contributed by atoms with Gasteiger partial charge < -0.3 is 55.4 Å². The van der Waals surface area contributed by atoms with Crippen LogP contribution in [0.3, 0.4) is 0 Å². The molecule has 0 amide bonds. The van der Waals surface area contributed by atoms with Gasteiger partial charge in [-0.25, -0.2) is 0 Å². The highest BCUT2D eigenvalue weighted by Crippen LogP contribution is 2.24. The predicted molar refractivity (Wildman–Crippen MR) is 70.8 cm³/mol. The summed E-state index contributed by atoms with van der Waals surface area (Å²) in [6, 6.07) is 0. The van der Waals surface area contributed by atoms with Crippen molar-refractivity contribution in [3.63, 3.8) is 0 Å². The average Bonchev–Trinajstić information content (AvgIpc) is 2.57. The van der Waals surface area contributed by atoms with E-state index in [2.05, 4.69) is 0 Å². The molecule has 1 fully saturated rings. The van der Waals surface area contributed by atoms with Crippen LogP contribution in [0.1, 0.15) is 0 Å². The van der Waals surface area contributed by atoms with Gasteiger partial charge in [-0.1, -0.05) is 0 Å². The number of rotatable bonds is 8. The highest BCUT2D eigenvalue weighted by Gasteiger charge is 2.46. The van der Waals surface area contributed by atoms with E-state index >= 15 is 0 Å². The van der Waals surface area contributed by atoms with Gasteiger partial charge in [0.25, 0.3) is 0 Å². The maximum Gasteiger partial charge on any atom is 0.187 e. The van der Waals surface area contributed by atoms with Crippen molar-refractivity contribution in [3.8, 4) is 0 Å². The summed E-state index contributed by atoms with van der Waals surface area (Å²) in [6.45, 7) is -2.45. The molecule has 0 spiro atoms. The molecule has 0 aromatic heterocycles. The van der Waals surface area contributed by atoms with E-state index in [1.54, 1.807) is 0 Å². The second-order valence-corrected chi connectivity index (χ2v) is 5.29. The molecule has 0 radical (unpaired) electrons. The van der Waals surface area contributed by atoms with Crippen molar-refractivity contribution in [3.05, 3.63) is 0 Å². The van der Waals surface area contributed by atoms with Gasteiger partial charge in [-0.2, -0.15) is 0 Å². The Balaban J connectivity index is 2.89. The Morgan fingerprint density at radius 2 is 1.39 bits per heavy atom. The molecule has 1 rings (SSSR count). The van der Waals surface area contributed by atoms with E-state index in [1.165, 1.54) is 0 Å². The number of hydrogen-bond donors (Lipinski definition) is 9. The van der Waals surface area contributed by atoms with Gasteiger partial charge in [-0.15, -0.1) is 0 Å². The molecule has 11 nitrogen and oxygen atoms in total. The third-order valence-electron chi connectivity index (χ3n) is 3.62. The molecule has 9 N–H and O–H groups in total. The molecule has 138 valence electrons. The molecule has 0 saturated carbocycles. The van der Waals surface area contributed by atoms with E-state index in [4.69, 9.17) is 24.8 Å². The summed E-state index contributed by atoms with van der Waals surface area (Å²) in [5.41, 5.74) is 0. The second-order valence-electron chi connectivity index (χ2n) is 5.29. The fourth-order valence-electron chi connectivity index (χ4n) is 2.16.